The lowest BCUT2D eigenvalue weighted by molar-refractivity contribution is -0.116. The van der Waals surface area contributed by atoms with Crippen LogP contribution >= 0.6 is 0 Å². The molecule has 1 aliphatic rings. The van der Waals surface area contributed by atoms with Crippen molar-refractivity contribution < 1.29 is 9.53 Å². The number of hydrogen-bond donors (Lipinski definition) is 1. The van der Waals surface area contributed by atoms with E-state index in [2.05, 4.69) is 20.1 Å². The Bertz CT molecular complexity index is 700. The molecule has 6 nitrogen and oxygen atoms in total. The van der Waals surface area contributed by atoms with E-state index in [1.165, 1.54) is 0 Å². The summed E-state index contributed by atoms with van der Waals surface area (Å²) in [5.41, 5.74) is 0.735. The Morgan fingerprint density at radius 3 is 2.62 bits per heavy atom. The number of para-hydroxylation sites is 2. The minimum atomic E-state index is 0.0179. The Hall–Kier alpha value is -2.60. The number of amides is 1. The van der Waals surface area contributed by atoms with Crippen LogP contribution < -0.4 is 15.0 Å². The second kappa shape index (κ2) is 9.20. The second-order valence-electron chi connectivity index (χ2n) is 6.24. The molecule has 0 unspecified atom stereocenters. The maximum atomic E-state index is 12.3. The quantitative estimate of drug-likeness (QED) is 0.828. The van der Waals surface area contributed by atoms with Crippen molar-refractivity contribution in [2.24, 2.45) is 0 Å². The highest BCUT2D eigenvalue weighted by Gasteiger charge is 2.18. The number of nitrogens with one attached hydrogen (secondary N) is 1. The van der Waals surface area contributed by atoms with Crippen molar-refractivity contribution in [1.29, 1.82) is 0 Å². The summed E-state index contributed by atoms with van der Waals surface area (Å²) in [6.07, 6.45) is 2.30. The molecule has 1 aromatic carbocycles. The lowest BCUT2D eigenvalue weighted by Crippen LogP contribution is -2.47. The summed E-state index contributed by atoms with van der Waals surface area (Å²) >= 11 is 0. The van der Waals surface area contributed by atoms with Crippen LogP contribution in [-0.4, -0.2) is 55.1 Å². The van der Waals surface area contributed by atoms with Crippen molar-refractivity contribution in [3.63, 3.8) is 0 Å². The molecule has 0 bridgehead atoms. The summed E-state index contributed by atoms with van der Waals surface area (Å²) in [5, 5.41) is 2.96. The van der Waals surface area contributed by atoms with Crippen molar-refractivity contribution >= 4 is 17.4 Å². The summed E-state index contributed by atoms with van der Waals surface area (Å²) in [6.45, 7) is 7.03. The van der Waals surface area contributed by atoms with E-state index in [4.69, 9.17) is 4.74 Å². The van der Waals surface area contributed by atoms with Crippen LogP contribution in [0, 0.1) is 0 Å². The van der Waals surface area contributed by atoms with E-state index in [1.54, 1.807) is 0 Å². The van der Waals surface area contributed by atoms with E-state index in [9.17, 15) is 4.79 Å². The minimum Gasteiger partial charge on any atom is -0.492 e. The summed E-state index contributed by atoms with van der Waals surface area (Å²) in [4.78, 5) is 21.3. The largest absolute Gasteiger partial charge is 0.492 e. The molecule has 1 N–H and O–H groups in total. The highest BCUT2D eigenvalue weighted by Crippen LogP contribution is 2.23. The normalized spacial score (nSPS) is 14.9. The second-order valence-corrected chi connectivity index (χ2v) is 6.24. The average Bonchev–Trinajstić information content (AvgIpc) is 2.69. The maximum Gasteiger partial charge on any atom is 0.225 e. The lowest BCUT2D eigenvalue weighted by Gasteiger charge is -2.35. The molecule has 2 aromatic rings. The van der Waals surface area contributed by atoms with Gasteiger partial charge in [0.15, 0.2) is 0 Å². The molecule has 3 rings (SSSR count). The topological polar surface area (TPSA) is 57.7 Å². The number of carbonyl (C=O) groups is 1. The summed E-state index contributed by atoms with van der Waals surface area (Å²) in [5.74, 6) is 1.76. The fourth-order valence-electron chi connectivity index (χ4n) is 3.07. The van der Waals surface area contributed by atoms with Gasteiger partial charge in [-0.05, 0) is 31.2 Å². The van der Waals surface area contributed by atoms with Crippen LogP contribution in [0.25, 0.3) is 0 Å². The molecule has 2 heterocycles. The van der Waals surface area contributed by atoms with E-state index in [0.717, 1.165) is 44.2 Å². The van der Waals surface area contributed by atoms with Gasteiger partial charge in [0.2, 0.25) is 5.91 Å². The van der Waals surface area contributed by atoms with Gasteiger partial charge in [0.05, 0.1) is 12.3 Å². The van der Waals surface area contributed by atoms with E-state index in [0.29, 0.717) is 18.8 Å². The molecule has 0 radical (unpaired) electrons. The van der Waals surface area contributed by atoms with Gasteiger partial charge in [-0.25, -0.2) is 4.98 Å². The van der Waals surface area contributed by atoms with Gasteiger partial charge in [0, 0.05) is 45.3 Å². The fourth-order valence-corrected chi connectivity index (χ4v) is 3.07. The average molecular weight is 354 g/mol. The highest BCUT2D eigenvalue weighted by molar-refractivity contribution is 5.92. The Morgan fingerprint density at radius 2 is 1.88 bits per heavy atom. The van der Waals surface area contributed by atoms with Crippen LogP contribution in [0.4, 0.5) is 11.5 Å². The molecule has 1 aromatic heterocycles. The number of benzene rings is 1. The van der Waals surface area contributed by atoms with Crippen LogP contribution in [0.1, 0.15) is 13.3 Å². The maximum absolute atomic E-state index is 12.3. The molecule has 1 aliphatic heterocycles. The third-order valence-electron chi connectivity index (χ3n) is 4.46. The molecule has 26 heavy (non-hydrogen) atoms. The van der Waals surface area contributed by atoms with Gasteiger partial charge in [0.1, 0.15) is 11.6 Å². The van der Waals surface area contributed by atoms with Crippen LogP contribution in [0.15, 0.2) is 48.7 Å². The third kappa shape index (κ3) is 4.95. The SMILES string of the molecule is CCOc1ccccc1NC(=O)CCN1CCN(c2ccccn2)CC1. The van der Waals surface area contributed by atoms with Gasteiger partial charge in [-0.3, -0.25) is 9.69 Å². The molecule has 0 spiro atoms. The van der Waals surface area contributed by atoms with Crippen molar-refractivity contribution in [3.05, 3.63) is 48.7 Å². The first-order valence-electron chi connectivity index (χ1n) is 9.16. The van der Waals surface area contributed by atoms with Gasteiger partial charge in [-0.15, -0.1) is 0 Å². The Kier molecular flexibility index (Phi) is 6.44. The van der Waals surface area contributed by atoms with E-state index in [1.807, 2.05) is 55.6 Å². The zero-order chi connectivity index (χ0) is 18.2. The molecule has 1 amide bonds. The van der Waals surface area contributed by atoms with Gasteiger partial charge < -0.3 is 15.0 Å². The standard InChI is InChI=1S/C20H26N4O2/c1-2-26-18-8-4-3-7-17(18)22-20(25)10-12-23-13-15-24(16-14-23)19-9-5-6-11-21-19/h3-9,11H,2,10,12-16H2,1H3,(H,22,25). The Balaban J connectivity index is 1.43. The van der Waals surface area contributed by atoms with E-state index in [-0.39, 0.29) is 5.91 Å². The van der Waals surface area contributed by atoms with Crippen molar-refractivity contribution in [3.8, 4) is 5.75 Å². The number of pyridine rings is 1. The smallest absolute Gasteiger partial charge is 0.225 e. The van der Waals surface area contributed by atoms with Crippen molar-refractivity contribution in [1.82, 2.24) is 9.88 Å². The van der Waals surface area contributed by atoms with Crippen LogP contribution in [0.2, 0.25) is 0 Å². The lowest BCUT2D eigenvalue weighted by atomic mass is 10.2. The molecule has 0 aliphatic carbocycles. The molecule has 1 saturated heterocycles. The first-order valence-corrected chi connectivity index (χ1v) is 9.16. The number of carbonyl (C=O) groups excluding carboxylic acids is 1. The monoisotopic (exact) mass is 354 g/mol. The first-order chi connectivity index (χ1) is 12.8. The summed E-state index contributed by atoms with van der Waals surface area (Å²) in [6, 6.07) is 13.5. The number of aromatic nitrogens is 1. The summed E-state index contributed by atoms with van der Waals surface area (Å²) in [7, 11) is 0. The number of rotatable bonds is 7. The van der Waals surface area contributed by atoms with Gasteiger partial charge >= 0.3 is 0 Å². The Labute approximate surface area is 154 Å². The molecule has 6 heteroatoms. The number of piperazine rings is 1. The van der Waals surface area contributed by atoms with E-state index < -0.39 is 0 Å². The predicted octanol–water partition coefficient (Wildman–Crippen LogP) is 2.63. The third-order valence-corrected chi connectivity index (χ3v) is 4.46. The molecular weight excluding hydrogens is 328 g/mol. The first kappa shape index (κ1) is 18.2. The fraction of sp³-hybridized carbons (Fsp3) is 0.400. The molecule has 1 fully saturated rings. The summed E-state index contributed by atoms with van der Waals surface area (Å²) < 4.78 is 5.55. The zero-order valence-electron chi connectivity index (χ0n) is 15.2. The molecule has 0 atom stereocenters. The van der Waals surface area contributed by atoms with Crippen LogP contribution in [-0.2, 0) is 4.79 Å². The van der Waals surface area contributed by atoms with Gasteiger partial charge in [-0.2, -0.15) is 0 Å². The minimum absolute atomic E-state index is 0.0179. The van der Waals surface area contributed by atoms with Crippen molar-refractivity contribution in [2.45, 2.75) is 13.3 Å². The number of ether oxygens (including phenoxy) is 1. The Morgan fingerprint density at radius 1 is 1.12 bits per heavy atom. The number of hydrogen-bond acceptors (Lipinski definition) is 5. The zero-order valence-corrected chi connectivity index (χ0v) is 15.2. The molecular formula is C20H26N4O2. The van der Waals surface area contributed by atoms with Crippen molar-refractivity contribution in [2.75, 3.05) is 49.5 Å². The van der Waals surface area contributed by atoms with Crippen LogP contribution in [0.3, 0.4) is 0 Å². The van der Waals surface area contributed by atoms with E-state index >= 15 is 0 Å². The van der Waals surface area contributed by atoms with Crippen LogP contribution in [0.5, 0.6) is 5.75 Å². The van der Waals surface area contributed by atoms with Gasteiger partial charge in [0.25, 0.3) is 0 Å². The molecule has 0 saturated carbocycles. The van der Waals surface area contributed by atoms with Gasteiger partial charge in [-0.1, -0.05) is 18.2 Å². The number of anilines is 2. The number of nitrogens with zero attached hydrogens (tertiary/aromatic N) is 3. The highest BCUT2D eigenvalue weighted by atomic mass is 16.5. The molecule has 138 valence electrons. The predicted molar refractivity (Wildman–Crippen MR) is 104 cm³/mol.